The number of guanidine groups is 1. The number of carbonyl (C=O) groups is 1. The fourth-order valence-corrected chi connectivity index (χ4v) is 4.86. The van der Waals surface area contributed by atoms with Crippen LogP contribution in [0.15, 0.2) is 22.5 Å². The number of hydrogen-bond acceptors (Lipinski definition) is 5. The Kier molecular flexibility index (Phi) is 9.97. The number of likely N-dealkylation sites (N-methyl/N-ethyl adjacent to an activating group) is 1. The van der Waals surface area contributed by atoms with Crippen LogP contribution in [0.4, 0.5) is 5.00 Å². The minimum absolute atomic E-state index is 0. The van der Waals surface area contributed by atoms with Crippen molar-refractivity contribution in [2.24, 2.45) is 4.99 Å². The first-order valence-corrected chi connectivity index (χ1v) is 11.2. The van der Waals surface area contributed by atoms with Crippen LogP contribution in [-0.4, -0.2) is 99.6 Å². The molecule has 1 aromatic rings. The topological polar surface area (TPSA) is 54.4 Å². The summed E-state index contributed by atoms with van der Waals surface area (Å²) in [4.78, 5) is 25.6. The van der Waals surface area contributed by atoms with E-state index in [0.29, 0.717) is 0 Å². The van der Waals surface area contributed by atoms with E-state index in [1.165, 1.54) is 5.00 Å². The maximum absolute atomic E-state index is 12.3. The lowest BCUT2D eigenvalue weighted by molar-refractivity contribution is -0.133. The molecule has 1 atom stereocenters. The Bertz CT molecular complexity index is 645. The van der Waals surface area contributed by atoms with Crippen molar-refractivity contribution in [1.29, 1.82) is 0 Å². The summed E-state index contributed by atoms with van der Waals surface area (Å²) < 4.78 is 0. The highest BCUT2D eigenvalue weighted by molar-refractivity contribution is 14.0. The van der Waals surface area contributed by atoms with Crippen LogP contribution in [0.5, 0.6) is 0 Å². The standard InChI is InChI=1S/C20H34N6OS.HI/c1-21-20(26-14-12-25(13-15-26)18-8-5-16-28-18)22-9-6-11-24-10-4-7-17(24)19(27)23(2)3;/h5,8,16-17H,4,6-7,9-15H2,1-3H3,(H,21,22);1H. The van der Waals surface area contributed by atoms with Gasteiger partial charge in [0.1, 0.15) is 0 Å². The normalized spacial score (nSPS) is 20.5. The van der Waals surface area contributed by atoms with Crippen LogP contribution >= 0.6 is 35.3 Å². The second kappa shape index (κ2) is 11.9. The van der Waals surface area contributed by atoms with E-state index in [0.717, 1.165) is 71.0 Å². The summed E-state index contributed by atoms with van der Waals surface area (Å²) in [6.45, 7) is 6.92. The SMILES string of the molecule is CN=C(NCCCN1CCCC1C(=O)N(C)C)N1CCN(c2cccs2)CC1.I. The summed E-state index contributed by atoms with van der Waals surface area (Å²) in [5.74, 6) is 1.23. The van der Waals surface area contributed by atoms with Crippen molar-refractivity contribution in [2.45, 2.75) is 25.3 Å². The van der Waals surface area contributed by atoms with Gasteiger partial charge in [0, 0.05) is 60.4 Å². The largest absolute Gasteiger partial charge is 0.360 e. The summed E-state index contributed by atoms with van der Waals surface area (Å²) in [7, 11) is 5.56. The zero-order chi connectivity index (χ0) is 19.9. The Balaban J connectivity index is 0.00000300. The van der Waals surface area contributed by atoms with Crippen molar-refractivity contribution < 1.29 is 4.79 Å². The lowest BCUT2D eigenvalue weighted by atomic mass is 10.2. The number of carbonyl (C=O) groups excluding carboxylic acids is 1. The van der Waals surface area contributed by atoms with Crippen LogP contribution < -0.4 is 10.2 Å². The molecule has 2 saturated heterocycles. The zero-order valence-electron chi connectivity index (χ0n) is 17.8. The molecule has 1 N–H and O–H groups in total. The molecule has 2 aliphatic heterocycles. The van der Waals surface area contributed by atoms with Gasteiger partial charge in [-0.05, 0) is 43.3 Å². The fourth-order valence-electron chi connectivity index (χ4n) is 4.07. The van der Waals surface area contributed by atoms with Gasteiger partial charge < -0.3 is 20.0 Å². The summed E-state index contributed by atoms with van der Waals surface area (Å²) in [5.41, 5.74) is 0. The lowest BCUT2D eigenvalue weighted by Gasteiger charge is -2.37. The Labute approximate surface area is 196 Å². The molecular formula is C20H35IN6OS. The number of amides is 1. The second-order valence-corrected chi connectivity index (χ2v) is 8.61. The summed E-state index contributed by atoms with van der Waals surface area (Å²) >= 11 is 1.81. The highest BCUT2D eigenvalue weighted by Gasteiger charge is 2.31. The number of hydrogen-bond donors (Lipinski definition) is 1. The number of thiophene rings is 1. The Morgan fingerprint density at radius 2 is 2.03 bits per heavy atom. The van der Waals surface area contributed by atoms with E-state index < -0.39 is 0 Å². The first kappa shape index (κ1) is 24.2. The van der Waals surface area contributed by atoms with Crippen LogP contribution in [0.3, 0.4) is 0 Å². The highest BCUT2D eigenvalue weighted by Crippen LogP contribution is 2.22. The summed E-state index contributed by atoms with van der Waals surface area (Å²) in [6, 6.07) is 4.38. The number of nitrogens with zero attached hydrogens (tertiary/aromatic N) is 5. The van der Waals surface area contributed by atoms with Gasteiger partial charge in [0.05, 0.1) is 11.0 Å². The molecular weight excluding hydrogens is 499 g/mol. The molecule has 7 nitrogen and oxygen atoms in total. The molecule has 3 rings (SSSR count). The molecule has 0 bridgehead atoms. The predicted octanol–water partition coefficient (Wildman–Crippen LogP) is 2.01. The van der Waals surface area contributed by atoms with E-state index >= 15 is 0 Å². The van der Waals surface area contributed by atoms with Crippen LogP contribution in [0.2, 0.25) is 0 Å². The average molecular weight is 535 g/mol. The molecule has 0 aliphatic carbocycles. The highest BCUT2D eigenvalue weighted by atomic mass is 127. The number of likely N-dealkylation sites (tertiary alicyclic amines) is 1. The Morgan fingerprint density at radius 3 is 2.66 bits per heavy atom. The van der Waals surface area contributed by atoms with Crippen LogP contribution in [0, 0.1) is 0 Å². The molecule has 1 unspecified atom stereocenters. The van der Waals surface area contributed by atoms with Crippen molar-refractivity contribution in [1.82, 2.24) is 20.0 Å². The average Bonchev–Trinajstić information content (AvgIpc) is 3.40. The van der Waals surface area contributed by atoms with E-state index in [4.69, 9.17) is 0 Å². The third-order valence-corrected chi connectivity index (χ3v) is 6.53. The van der Waals surface area contributed by atoms with E-state index in [9.17, 15) is 4.79 Å². The van der Waals surface area contributed by atoms with Crippen LogP contribution in [0.25, 0.3) is 0 Å². The van der Waals surface area contributed by atoms with E-state index in [-0.39, 0.29) is 35.9 Å². The van der Waals surface area contributed by atoms with Gasteiger partial charge in [-0.15, -0.1) is 35.3 Å². The molecule has 164 valence electrons. The molecule has 0 saturated carbocycles. The number of halogens is 1. The first-order chi connectivity index (χ1) is 13.6. The minimum Gasteiger partial charge on any atom is -0.360 e. The molecule has 2 fully saturated rings. The molecule has 1 aromatic heterocycles. The molecule has 29 heavy (non-hydrogen) atoms. The maximum Gasteiger partial charge on any atom is 0.239 e. The monoisotopic (exact) mass is 534 g/mol. The van der Waals surface area contributed by atoms with Crippen molar-refractivity contribution in [2.75, 3.05) is 71.9 Å². The molecule has 0 spiro atoms. The van der Waals surface area contributed by atoms with Gasteiger partial charge in [0.25, 0.3) is 0 Å². The van der Waals surface area contributed by atoms with Crippen LogP contribution in [-0.2, 0) is 4.79 Å². The Morgan fingerprint density at radius 1 is 1.28 bits per heavy atom. The molecule has 0 radical (unpaired) electrons. The van der Waals surface area contributed by atoms with E-state index in [2.05, 4.69) is 42.5 Å². The van der Waals surface area contributed by atoms with Crippen molar-refractivity contribution in [3.05, 3.63) is 17.5 Å². The zero-order valence-corrected chi connectivity index (χ0v) is 21.0. The van der Waals surface area contributed by atoms with Gasteiger partial charge in [-0.3, -0.25) is 14.7 Å². The molecule has 1 amide bonds. The summed E-state index contributed by atoms with van der Waals surface area (Å²) in [5, 5.41) is 7.01. The first-order valence-electron chi connectivity index (χ1n) is 10.3. The van der Waals surface area contributed by atoms with Crippen LogP contribution in [0.1, 0.15) is 19.3 Å². The van der Waals surface area contributed by atoms with Crippen molar-refractivity contribution in [3.8, 4) is 0 Å². The van der Waals surface area contributed by atoms with Crippen molar-refractivity contribution >= 4 is 52.2 Å². The fraction of sp³-hybridized carbons (Fsp3) is 0.700. The number of anilines is 1. The van der Waals surface area contributed by atoms with Crippen molar-refractivity contribution in [3.63, 3.8) is 0 Å². The van der Waals surface area contributed by atoms with Gasteiger partial charge in [0.15, 0.2) is 5.96 Å². The molecule has 9 heteroatoms. The molecule has 2 aliphatic rings. The molecule has 0 aromatic carbocycles. The number of piperazine rings is 1. The number of nitrogens with one attached hydrogen (secondary N) is 1. The Hall–Kier alpha value is -1.07. The number of rotatable bonds is 6. The summed E-state index contributed by atoms with van der Waals surface area (Å²) in [6.07, 6.45) is 3.12. The van der Waals surface area contributed by atoms with Gasteiger partial charge >= 0.3 is 0 Å². The third kappa shape index (κ3) is 6.45. The van der Waals surface area contributed by atoms with E-state index in [1.807, 2.05) is 32.5 Å². The van der Waals surface area contributed by atoms with Gasteiger partial charge in [0.2, 0.25) is 5.91 Å². The quantitative estimate of drug-likeness (QED) is 0.262. The second-order valence-electron chi connectivity index (χ2n) is 7.68. The van der Waals surface area contributed by atoms with Gasteiger partial charge in [-0.1, -0.05) is 0 Å². The minimum atomic E-state index is 0. The van der Waals surface area contributed by atoms with Gasteiger partial charge in [-0.2, -0.15) is 0 Å². The van der Waals surface area contributed by atoms with Gasteiger partial charge in [-0.25, -0.2) is 0 Å². The smallest absolute Gasteiger partial charge is 0.239 e. The maximum atomic E-state index is 12.3. The predicted molar refractivity (Wildman–Crippen MR) is 133 cm³/mol. The van der Waals surface area contributed by atoms with E-state index in [1.54, 1.807) is 4.90 Å². The number of aliphatic imine (C=N–C) groups is 1. The lowest BCUT2D eigenvalue weighted by Crippen LogP contribution is -2.52. The molecule has 3 heterocycles. The third-order valence-electron chi connectivity index (χ3n) is 5.60.